The zero-order valence-electron chi connectivity index (χ0n) is 12.3. The molecule has 0 spiro atoms. The molecule has 1 aliphatic heterocycles. The van der Waals surface area contributed by atoms with Gasteiger partial charge in [-0.15, -0.1) is 0 Å². The first kappa shape index (κ1) is 14.7. The summed E-state index contributed by atoms with van der Waals surface area (Å²) in [4.78, 5) is 17.3. The number of pyridine rings is 1. The Hall–Kier alpha value is -3.27. The molecule has 0 aliphatic carbocycles. The van der Waals surface area contributed by atoms with Crippen LogP contribution in [0.4, 0.5) is 22.1 Å². The van der Waals surface area contributed by atoms with E-state index in [1.54, 1.807) is 24.3 Å². The van der Waals surface area contributed by atoms with Crippen LogP contribution >= 0.6 is 0 Å². The molecule has 7 heteroatoms. The van der Waals surface area contributed by atoms with Gasteiger partial charge in [0, 0.05) is 6.54 Å². The van der Waals surface area contributed by atoms with Crippen LogP contribution in [0.2, 0.25) is 0 Å². The molecule has 1 aliphatic rings. The van der Waals surface area contributed by atoms with Crippen LogP contribution in [0.25, 0.3) is 0 Å². The van der Waals surface area contributed by atoms with E-state index >= 15 is 0 Å². The summed E-state index contributed by atoms with van der Waals surface area (Å²) in [5.74, 6) is 0.886. The topological polar surface area (TPSA) is 104 Å². The lowest BCUT2D eigenvalue weighted by Crippen LogP contribution is -2.24. The molecule has 0 radical (unpaired) electrons. The maximum absolute atomic E-state index is 11.6. The fourth-order valence-corrected chi connectivity index (χ4v) is 2.30. The molecule has 2 heterocycles. The Bertz CT molecular complexity index is 767. The normalized spacial score (nSPS) is 13.5. The Balaban J connectivity index is 1.68. The first-order valence-electron chi connectivity index (χ1n) is 7.11. The second-order valence-electron chi connectivity index (χ2n) is 5.03. The number of nitrogen functional groups attached to an aromatic ring is 1. The van der Waals surface area contributed by atoms with Crippen molar-refractivity contribution < 1.29 is 9.53 Å². The van der Waals surface area contributed by atoms with Crippen molar-refractivity contribution in [2.24, 2.45) is 0 Å². The van der Waals surface area contributed by atoms with Crippen LogP contribution in [0.3, 0.4) is 0 Å². The molecular formula is C16H15N5O2. The van der Waals surface area contributed by atoms with Gasteiger partial charge in [-0.3, -0.25) is 4.90 Å². The van der Waals surface area contributed by atoms with E-state index in [1.807, 2.05) is 12.1 Å². The maximum Gasteiger partial charge on any atom is 0.414 e. The molecule has 0 atom stereocenters. The van der Waals surface area contributed by atoms with Crippen molar-refractivity contribution in [3.63, 3.8) is 0 Å². The minimum atomic E-state index is -0.406. The Morgan fingerprint density at radius 3 is 2.70 bits per heavy atom. The number of carbonyl (C=O) groups excluding carboxylic acids is 1. The van der Waals surface area contributed by atoms with Gasteiger partial charge in [-0.05, 0) is 29.8 Å². The number of amides is 1. The number of nitrogens with one attached hydrogen (secondary N) is 1. The van der Waals surface area contributed by atoms with Crippen molar-refractivity contribution in [3.8, 4) is 6.07 Å². The third-order valence-electron chi connectivity index (χ3n) is 3.51. The van der Waals surface area contributed by atoms with Crippen molar-refractivity contribution in [2.45, 2.75) is 6.54 Å². The molecule has 0 bridgehead atoms. The van der Waals surface area contributed by atoms with Crippen molar-refractivity contribution in [1.82, 2.24) is 4.98 Å². The lowest BCUT2D eigenvalue weighted by atomic mass is 10.1. The molecule has 1 aromatic carbocycles. The van der Waals surface area contributed by atoms with E-state index in [0.29, 0.717) is 36.8 Å². The molecule has 2 aromatic rings. The van der Waals surface area contributed by atoms with Crippen molar-refractivity contribution >= 4 is 23.4 Å². The van der Waals surface area contributed by atoms with E-state index in [2.05, 4.69) is 16.4 Å². The minimum absolute atomic E-state index is 0.272. The van der Waals surface area contributed by atoms with Crippen molar-refractivity contribution in [1.29, 1.82) is 5.26 Å². The first-order valence-corrected chi connectivity index (χ1v) is 7.11. The Labute approximate surface area is 133 Å². The summed E-state index contributed by atoms with van der Waals surface area (Å²) in [7, 11) is 0. The van der Waals surface area contributed by atoms with Crippen LogP contribution in [0.5, 0.6) is 0 Å². The van der Waals surface area contributed by atoms with E-state index < -0.39 is 6.09 Å². The van der Waals surface area contributed by atoms with Gasteiger partial charge in [0.05, 0.1) is 23.9 Å². The summed E-state index contributed by atoms with van der Waals surface area (Å²) in [6, 6.07) is 12.9. The highest BCUT2D eigenvalue weighted by Gasteiger charge is 2.25. The van der Waals surface area contributed by atoms with Gasteiger partial charge in [0.1, 0.15) is 18.2 Å². The average molecular weight is 309 g/mol. The largest absolute Gasteiger partial charge is 0.447 e. The van der Waals surface area contributed by atoms with E-state index in [9.17, 15) is 4.79 Å². The molecule has 1 fully saturated rings. The standard InChI is InChI=1S/C16H15N5O2/c17-9-11-1-3-12(4-2-11)10-19-14-6-5-13(15(18)20-14)21-7-8-23-16(21)22/h1-6H,7-8,10H2,(H3,18,19,20). The molecule has 1 saturated heterocycles. The number of benzene rings is 1. The van der Waals surface area contributed by atoms with Gasteiger partial charge in [0.15, 0.2) is 0 Å². The highest BCUT2D eigenvalue weighted by molar-refractivity contribution is 5.92. The van der Waals surface area contributed by atoms with Crippen LogP contribution in [-0.2, 0) is 11.3 Å². The predicted molar refractivity (Wildman–Crippen MR) is 85.8 cm³/mol. The number of ether oxygens (including phenoxy) is 1. The number of hydrogen-bond donors (Lipinski definition) is 2. The quantitative estimate of drug-likeness (QED) is 0.896. The van der Waals surface area contributed by atoms with Gasteiger partial charge in [-0.25, -0.2) is 9.78 Å². The molecule has 23 heavy (non-hydrogen) atoms. The SMILES string of the molecule is N#Cc1ccc(CNc2ccc(N3CCOC3=O)c(N)n2)cc1. The van der Waals surface area contributed by atoms with Gasteiger partial charge >= 0.3 is 6.09 Å². The lowest BCUT2D eigenvalue weighted by molar-refractivity contribution is 0.181. The second kappa shape index (κ2) is 6.23. The van der Waals surface area contributed by atoms with Gasteiger partial charge < -0.3 is 15.8 Å². The zero-order valence-corrected chi connectivity index (χ0v) is 12.3. The van der Waals surface area contributed by atoms with Crippen molar-refractivity contribution in [3.05, 3.63) is 47.5 Å². The smallest absolute Gasteiger partial charge is 0.414 e. The van der Waals surface area contributed by atoms with Crippen LogP contribution in [-0.4, -0.2) is 24.2 Å². The van der Waals surface area contributed by atoms with Gasteiger partial charge in [-0.2, -0.15) is 5.26 Å². The number of aromatic nitrogens is 1. The van der Waals surface area contributed by atoms with E-state index in [4.69, 9.17) is 15.7 Å². The molecule has 0 unspecified atom stereocenters. The van der Waals surface area contributed by atoms with E-state index in [-0.39, 0.29) is 5.82 Å². The molecule has 3 N–H and O–H groups in total. The summed E-state index contributed by atoms with van der Waals surface area (Å²) >= 11 is 0. The molecule has 7 nitrogen and oxygen atoms in total. The van der Waals surface area contributed by atoms with E-state index in [1.165, 1.54) is 4.90 Å². The van der Waals surface area contributed by atoms with Crippen molar-refractivity contribution in [2.75, 3.05) is 29.1 Å². The molecule has 3 rings (SSSR count). The fraction of sp³-hybridized carbons (Fsp3) is 0.188. The number of rotatable bonds is 4. The monoisotopic (exact) mass is 309 g/mol. The summed E-state index contributed by atoms with van der Waals surface area (Å²) in [5, 5.41) is 11.9. The highest BCUT2D eigenvalue weighted by atomic mass is 16.6. The Kier molecular flexibility index (Phi) is 3.97. The summed E-state index contributed by atoms with van der Waals surface area (Å²) in [6.45, 7) is 1.39. The van der Waals surface area contributed by atoms with E-state index in [0.717, 1.165) is 5.56 Å². The number of hydrogen-bond acceptors (Lipinski definition) is 6. The molecule has 1 aromatic heterocycles. The number of carbonyl (C=O) groups is 1. The van der Waals surface area contributed by atoms with Gasteiger partial charge in [0.25, 0.3) is 0 Å². The summed E-state index contributed by atoms with van der Waals surface area (Å²) in [6.07, 6.45) is -0.406. The molecular weight excluding hydrogens is 294 g/mol. The number of anilines is 3. The highest BCUT2D eigenvalue weighted by Crippen LogP contribution is 2.26. The predicted octanol–water partition coefficient (Wildman–Crippen LogP) is 2.10. The Morgan fingerprint density at radius 2 is 2.09 bits per heavy atom. The second-order valence-corrected chi connectivity index (χ2v) is 5.03. The average Bonchev–Trinajstić information content (AvgIpc) is 2.99. The number of nitriles is 1. The van der Waals surface area contributed by atoms with Crippen LogP contribution in [0.15, 0.2) is 36.4 Å². The third kappa shape index (κ3) is 3.16. The van der Waals surface area contributed by atoms with Crippen LogP contribution < -0.4 is 16.0 Å². The first-order chi connectivity index (χ1) is 11.2. The molecule has 116 valence electrons. The summed E-state index contributed by atoms with van der Waals surface area (Å²) < 4.78 is 4.89. The summed E-state index contributed by atoms with van der Waals surface area (Å²) in [5.41, 5.74) is 8.13. The zero-order chi connectivity index (χ0) is 16.2. The molecule has 0 saturated carbocycles. The number of cyclic esters (lactones) is 1. The third-order valence-corrected chi connectivity index (χ3v) is 3.51. The van der Waals surface area contributed by atoms with Crippen LogP contribution in [0.1, 0.15) is 11.1 Å². The fourth-order valence-electron chi connectivity index (χ4n) is 2.30. The Morgan fingerprint density at radius 1 is 1.30 bits per heavy atom. The van der Waals surface area contributed by atoms with Gasteiger partial charge in [0.2, 0.25) is 0 Å². The van der Waals surface area contributed by atoms with Crippen LogP contribution in [0, 0.1) is 11.3 Å². The van der Waals surface area contributed by atoms with Gasteiger partial charge in [-0.1, -0.05) is 12.1 Å². The maximum atomic E-state index is 11.6. The number of nitrogens with zero attached hydrogens (tertiary/aromatic N) is 3. The minimum Gasteiger partial charge on any atom is -0.447 e. The lowest BCUT2D eigenvalue weighted by Gasteiger charge is -2.15. The molecule has 1 amide bonds. The number of nitrogens with two attached hydrogens (primary N) is 1.